The van der Waals surface area contributed by atoms with Crippen molar-refractivity contribution in [3.05, 3.63) is 0 Å². The topological polar surface area (TPSA) is 0 Å². The number of hydrogen-bond donors (Lipinski definition) is 0. The Labute approximate surface area is 77.9 Å². The molecule has 70 valence electrons. The third kappa shape index (κ3) is 0.882. The first-order chi connectivity index (χ1) is 5.37. The van der Waals surface area contributed by atoms with Crippen LogP contribution in [0.3, 0.4) is 0 Å². The molecule has 0 spiro atoms. The van der Waals surface area contributed by atoms with Crippen molar-refractivity contribution in [1.82, 2.24) is 0 Å². The van der Waals surface area contributed by atoms with Gasteiger partial charge in [0.2, 0.25) is 0 Å². The Hall–Kier alpha value is 0.430. The van der Waals surface area contributed by atoms with Crippen molar-refractivity contribution >= 4 is 7.92 Å². The fraction of sp³-hybridized carbons (Fsp3) is 1.00. The van der Waals surface area contributed by atoms with Gasteiger partial charge in [-0.3, -0.25) is 0 Å². The van der Waals surface area contributed by atoms with Gasteiger partial charge in [-0.25, -0.2) is 0 Å². The Morgan fingerprint density at radius 2 is 1.67 bits per heavy atom. The van der Waals surface area contributed by atoms with E-state index in [-0.39, 0.29) is 0 Å². The van der Waals surface area contributed by atoms with E-state index in [2.05, 4.69) is 34.6 Å². The maximum Gasteiger partial charge on any atom is -0.0114 e. The summed E-state index contributed by atoms with van der Waals surface area (Å²) in [6.07, 6.45) is 3.05. The van der Waals surface area contributed by atoms with Crippen molar-refractivity contribution in [2.75, 3.05) is 6.16 Å². The van der Waals surface area contributed by atoms with Crippen LogP contribution in [0.5, 0.6) is 0 Å². The maximum atomic E-state index is 2.50. The highest BCUT2D eigenvalue weighted by Gasteiger charge is 2.59. The maximum absolute atomic E-state index is 2.50. The van der Waals surface area contributed by atoms with Gasteiger partial charge in [-0.2, -0.15) is 0 Å². The summed E-state index contributed by atoms with van der Waals surface area (Å²) in [6.45, 7) is 12.5. The summed E-state index contributed by atoms with van der Waals surface area (Å²) >= 11 is 0. The molecule has 0 saturated carbocycles. The van der Waals surface area contributed by atoms with Gasteiger partial charge in [0.15, 0.2) is 0 Å². The van der Waals surface area contributed by atoms with Crippen LogP contribution in [-0.4, -0.2) is 16.5 Å². The van der Waals surface area contributed by atoms with Crippen molar-refractivity contribution in [1.29, 1.82) is 0 Å². The molecule has 12 heavy (non-hydrogen) atoms. The van der Waals surface area contributed by atoms with E-state index in [1.165, 1.54) is 6.42 Å². The summed E-state index contributed by atoms with van der Waals surface area (Å²) in [7, 11) is 0.326. The van der Waals surface area contributed by atoms with Crippen LogP contribution in [0, 0.1) is 11.8 Å². The molecule has 0 aromatic rings. The third-order valence-corrected chi connectivity index (χ3v) is 9.03. The van der Waals surface area contributed by atoms with Crippen LogP contribution >= 0.6 is 7.92 Å². The lowest BCUT2D eigenvalue weighted by molar-refractivity contribution is 0.241. The minimum absolute atomic E-state index is 0.326. The van der Waals surface area contributed by atoms with Gasteiger partial charge in [0.25, 0.3) is 0 Å². The van der Waals surface area contributed by atoms with Crippen LogP contribution in [-0.2, 0) is 0 Å². The third-order valence-electron chi connectivity index (χ3n) is 4.64. The van der Waals surface area contributed by atoms with Crippen molar-refractivity contribution in [2.45, 2.75) is 51.4 Å². The van der Waals surface area contributed by atoms with Crippen LogP contribution in [0.1, 0.15) is 41.0 Å². The molecule has 3 fully saturated rings. The van der Waals surface area contributed by atoms with E-state index < -0.39 is 0 Å². The molecule has 3 aliphatic heterocycles. The molecule has 3 saturated heterocycles. The summed E-state index contributed by atoms with van der Waals surface area (Å²) < 4.78 is 0. The van der Waals surface area contributed by atoms with E-state index in [4.69, 9.17) is 0 Å². The smallest absolute Gasteiger partial charge is 0.0114 e. The SMILES string of the molecule is CC1CC2CP(C1(C)C)C2(C)C. The molecule has 0 aliphatic carbocycles. The van der Waals surface area contributed by atoms with E-state index in [9.17, 15) is 0 Å². The van der Waals surface area contributed by atoms with Crippen LogP contribution in [0.25, 0.3) is 0 Å². The molecule has 3 rings (SSSR count). The van der Waals surface area contributed by atoms with E-state index >= 15 is 0 Å². The fourth-order valence-electron chi connectivity index (χ4n) is 3.11. The van der Waals surface area contributed by atoms with Gasteiger partial charge in [0, 0.05) is 0 Å². The zero-order chi connectivity index (χ0) is 9.15. The molecule has 0 N–H and O–H groups in total. The van der Waals surface area contributed by atoms with E-state index in [0.717, 1.165) is 11.8 Å². The first-order valence-electron chi connectivity index (χ1n) is 5.14. The van der Waals surface area contributed by atoms with E-state index in [1.807, 2.05) is 0 Å². The van der Waals surface area contributed by atoms with Gasteiger partial charge in [0.05, 0.1) is 0 Å². The molecule has 3 aliphatic rings. The molecular weight excluding hydrogens is 163 g/mol. The molecule has 3 heterocycles. The molecule has 2 bridgehead atoms. The molecular formula is C11H21P. The summed E-state index contributed by atoms with van der Waals surface area (Å²) in [4.78, 5) is 0. The lowest BCUT2D eigenvalue weighted by atomic mass is 9.80. The summed E-state index contributed by atoms with van der Waals surface area (Å²) in [6, 6.07) is 0. The first kappa shape index (κ1) is 9.00. The van der Waals surface area contributed by atoms with Gasteiger partial charge in [-0.15, -0.1) is 0 Å². The predicted molar refractivity (Wildman–Crippen MR) is 57.2 cm³/mol. The monoisotopic (exact) mass is 184 g/mol. The van der Waals surface area contributed by atoms with Gasteiger partial charge in [-0.1, -0.05) is 42.5 Å². The second-order valence-corrected chi connectivity index (χ2v) is 9.28. The highest BCUT2D eigenvalue weighted by molar-refractivity contribution is 7.62. The largest absolute Gasteiger partial charge is 0.0942 e. The molecule has 3 atom stereocenters. The minimum atomic E-state index is 0.326. The number of fused-ring (bicyclic) bond motifs is 2. The average Bonchev–Trinajstić information content (AvgIpc) is 1.93. The first-order valence-corrected chi connectivity index (χ1v) is 6.67. The van der Waals surface area contributed by atoms with Crippen molar-refractivity contribution < 1.29 is 0 Å². The van der Waals surface area contributed by atoms with Gasteiger partial charge < -0.3 is 0 Å². The quantitative estimate of drug-likeness (QED) is 0.504. The van der Waals surface area contributed by atoms with Gasteiger partial charge in [0.1, 0.15) is 0 Å². The number of rotatable bonds is 0. The summed E-state index contributed by atoms with van der Waals surface area (Å²) in [5, 5.41) is 1.37. The fourth-order valence-corrected chi connectivity index (χ4v) is 7.53. The molecule has 0 amide bonds. The second-order valence-electron chi connectivity index (χ2n) is 5.75. The lowest BCUT2D eigenvalue weighted by Crippen LogP contribution is -2.56. The van der Waals surface area contributed by atoms with Crippen LogP contribution in [0.4, 0.5) is 0 Å². The lowest BCUT2D eigenvalue weighted by Gasteiger charge is -2.66. The van der Waals surface area contributed by atoms with Gasteiger partial charge in [-0.05, 0) is 34.7 Å². The minimum Gasteiger partial charge on any atom is -0.0942 e. The number of hydrogen-bond acceptors (Lipinski definition) is 0. The highest BCUT2D eigenvalue weighted by Crippen LogP contribution is 2.78. The Morgan fingerprint density at radius 1 is 1.08 bits per heavy atom. The van der Waals surface area contributed by atoms with Crippen molar-refractivity contribution in [2.24, 2.45) is 11.8 Å². The molecule has 1 heteroatoms. The zero-order valence-electron chi connectivity index (χ0n) is 9.02. The Kier molecular flexibility index (Phi) is 1.70. The Balaban J connectivity index is 2.27. The summed E-state index contributed by atoms with van der Waals surface area (Å²) in [5.74, 6) is 2.03. The molecule has 0 aromatic heterocycles. The summed E-state index contributed by atoms with van der Waals surface area (Å²) in [5.41, 5.74) is 0. The van der Waals surface area contributed by atoms with Crippen molar-refractivity contribution in [3.8, 4) is 0 Å². The normalized spacial score (nSPS) is 48.2. The Morgan fingerprint density at radius 3 is 2.00 bits per heavy atom. The molecule has 0 radical (unpaired) electrons. The van der Waals surface area contributed by atoms with E-state index in [0.29, 0.717) is 18.2 Å². The van der Waals surface area contributed by atoms with Crippen LogP contribution < -0.4 is 0 Å². The zero-order valence-corrected chi connectivity index (χ0v) is 9.91. The van der Waals surface area contributed by atoms with E-state index in [1.54, 1.807) is 6.16 Å². The van der Waals surface area contributed by atoms with Crippen molar-refractivity contribution in [3.63, 3.8) is 0 Å². The average molecular weight is 184 g/mol. The van der Waals surface area contributed by atoms with Gasteiger partial charge >= 0.3 is 0 Å². The second kappa shape index (κ2) is 2.27. The Bertz CT molecular complexity index is 205. The molecule has 0 nitrogen and oxygen atoms in total. The molecule has 3 unspecified atom stereocenters. The van der Waals surface area contributed by atoms with Crippen LogP contribution in [0.2, 0.25) is 0 Å². The molecule has 0 aromatic carbocycles. The highest BCUT2D eigenvalue weighted by atomic mass is 31.1. The van der Waals surface area contributed by atoms with Crippen LogP contribution in [0.15, 0.2) is 0 Å². The standard InChI is InChI=1S/C11H21P/c1-8-6-9-7-12(10(8,2)3)11(9,4)5/h8-9H,6-7H2,1-5H3. The predicted octanol–water partition coefficient (Wildman–Crippen LogP) is 3.70.